The molecule has 5 aromatic carbocycles. The summed E-state index contributed by atoms with van der Waals surface area (Å²) in [5.41, 5.74) is 5.61. The van der Waals surface area contributed by atoms with E-state index in [-0.39, 0.29) is 6.17 Å². The Morgan fingerprint density at radius 1 is 0.500 bits per heavy atom. The quantitative estimate of drug-likeness (QED) is 0.323. The fourth-order valence-electron chi connectivity index (χ4n) is 4.32. The third kappa shape index (κ3) is 4.00. The molecule has 3 nitrogen and oxygen atoms in total. The lowest BCUT2D eigenvalue weighted by molar-refractivity contribution is 0.674. The van der Waals surface area contributed by atoms with Crippen LogP contribution in [0.5, 0.6) is 0 Å². The fraction of sp³-hybridized carbons (Fsp3) is 0.0323. The summed E-state index contributed by atoms with van der Waals surface area (Å²) in [6.45, 7) is 0. The number of benzene rings is 5. The van der Waals surface area contributed by atoms with E-state index in [9.17, 15) is 0 Å². The van der Waals surface area contributed by atoms with Crippen molar-refractivity contribution in [2.45, 2.75) is 6.17 Å². The van der Waals surface area contributed by atoms with Gasteiger partial charge in [-0.05, 0) is 39.6 Å². The van der Waals surface area contributed by atoms with Crippen LogP contribution in [-0.4, -0.2) is 11.7 Å². The average Bonchev–Trinajstić information content (AvgIpc) is 2.93. The zero-order valence-electron chi connectivity index (χ0n) is 18.6. The summed E-state index contributed by atoms with van der Waals surface area (Å²) < 4.78 is 0. The van der Waals surface area contributed by atoms with Crippen molar-refractivity contribution in [2.24, 2.45) is 9.98 Å². The monoisotopic (exact) mass is 437 g/mol. The van der Waals surface area contributed by atoms with E-state index in [2.05, 4.69) is 90.2 Å². The highest BCUT2D eigenvalue weighted by atomic mass is 15.2. The van der Waals surface area contributed by atoms with E-state index >= 15 is 0 Å². The Kier molecular flexibility index (Phi) is 5.21. The van der Waals surface area contributed by atoms with Crippen LogP contribution in [0.2, 0.25) is 0 Å². The number of fused-ring (bicyclic) bond motifs is 1. The highest BCUT2D eigenvalue weighted by Gasteiger charge is 2.20. The smallest absolute Gasteiger partial charge is 0.159 e. The van der Waals surface area contributed by atoms with Crippen molar-refractivity contribution in [3.05, 3.63) is 144 Å². The summed E-state index contributed by atoms with van der Waals surface area (Å²) in [6, 6.07) is 44.1. The third-order valence-electron chi connectivity index (χ3n) is 6.11. The first-order chi connectivity index (χ1) is 16.8. The fourth-order valence-corrected chi connectivity index (χ4v) is 4.32. The Balaban J connectivity index is 1.40. The maximum absolute atomic E-state index is 4.93. The molecule has 3 heteroatoms. The molecule has 0 radical (unpaired) electrons. The minimum atomic E-state index is -0.194. The average molecular weight is 438 g/mol. The van der Waals surface area contributed by atoms with Crippen LogP contribution in [0.1, 0.15) is 22.9 Å². The lowest BCUT2D eigenvalue weighted by Crippen LogP contribution is -2.33. The number of nitrogens with zero attached hydrogens (tertiary/aromatic N) is 2. The molecule has 1 aliphatic rings. The minimum absolute atomic E-state index is 0.194. The first kappa shape index (κ1) is 20.1. The lowest BCUT2D eigenvalue weighted by atomic mass is 9.99. The van der Waals surface area contributed by atoms with Crippen LogP contribution >= 0.6 is 0 Å². The molecule has 5 aromatic rings. The Morgan fingerprint density at radius 2 is 1.06 bits per heavy atom. The van der Waals surface area contributed by atoms with Crippen LogP contribution in [0.4, 0.5) is 0 Å². The van der Waals surface area contributed by atoms with E-state index < -0.39 is 0 Å². The second kappa shape index (κ2) is 8.80. The molecule has 1 N–H and O–H groups in total. The van der Waals surface area contributed by atoms with Gasteiger partial charge in [-0.1, -0.05) is 115 Å². The first-order valence-corrected chi connectivity index (χ1v) is 11.5. The molecule has 0 amide bonds. The lowest BCUT2D eigenvalue weighted by Gasteiger charge is -2.23. The number of hydrogen-bond acceptors (Lipinski definition) is 3. The molecule has 1 aliphatic heterocycles. The zero-order valence-corrected chi connectivity index (χ0v) is 18.6. The molecule has 0 aromatic heterocycles. The Hall–Kier alpha value is -4.50. The summed E-state index contributed by atoms with van der Waals surface area (Å²) in [5.74, 6) is 1.57. The minimum Gasteiger partial charge on any atom is -0.344 e. The number of aliphatic imine (C=N–C) groups is 2. The third-order valence-corrected chi connectivity index (χ3v) is 6.11. The molecule has 0 bridgehead atoms. The maximum atomic E-state index is 4.93. The van der Waals surface area contributed by atoms with Gasteiger partial charge < -0.3 is 5.32 Å². The van der Waals surface area contributed by atoms with Crippen LogP contribution in [0.3, 0.4) is 0 Å². The Morgan fingerprint density at radius 3 is 1.74 bits per heavy atom. The summed E-state index contributed by atoms with van der Waals surface area (Å²) in [5, 5.41) is 5.94. The van der Waals surface area contributed by atoms with Gasteiger partial charge in [0.2, 0.25) is 0 Å². The van der Waals surface area contributed by atoms with E-state index in [1.807, 2.05) is 42.5 Å². The summed E-state index contributed by atoms with van der Waals surface area (Å²) in [4.78, 5) is 9.85. The van der Waals surface area contributed by atoms with Gasteiger partial charge in [0.05, 0.1) is 0 Å². The van der Waals surface area contributed by atoms with E-state index in [0.29, 0.717) is 0 Å². The molecule has 34 heavy (non-hydrogen) atoms. The van der Waals surface area contributed by atoms with Gasteiger partial charge in [-0.25, -0.2) is 9.98 Å². The van der Waals surface area contributed by atoms with Crippen molar-refractivity contribution >= 4 is 22.4 Å². The normalized spacial score (nSPS) is 15.4. The second-order valence-electron chi connectivity index (χ2n) is 8.38. The van der Waals surface area contributed by atoms with Crippen LogP contribution in [-0.2, 0) is 0 Å². The highest BCUT2D eigenvalue weighted by Crippen LogP contribution is 2.27. The molecule has 0 spiro atoms. The topological polar surface area (TPSA) is 36.8 Å². The predicted molar refractivity (Wildman–Crippen MR) is 141 cm³/mol. The number of amidine groups is 2. The Labute approximate surface area is 199 Å². The standard InChI is InChI=1S/C31H23N3/c1-4-10-22(11-5-1)25-16-17-27-21-28(19-18-26(27)20-25)31-33-29(23-12-6-2-7-13-23)32-30(34-31)24-14-8-3-9-15-24/h1-21,29H,(H,32,33,34). The molecule has 1 atom stereocenters. The van der Waals surface area contributed by atoms with E-state index in [4.69, 9.17) is 9.98 Å². The van der Waals surface area contributed by atoms with E-state index in [1.165, 1.54) is 21.9 Å². The first-order valence-electron chi connectivity index (χ1n) is 11.5. The number of hydrogen-bond donors (Lipinski definition) is 1. The number of rotatable bonds is 4. The van der Waals surface area contributed by atoms with Gasteiger partial charge >= 0.3 is 0 Å². The zero-order chi connectivity index (χ0) is 22.7. The molecule has 1 heterocycles. The van der Waals surface area contributed by atoms with Crippen LogP contribution in [0.25, 0.3) is 21.9 Å². The van der Waals surface area contributed by atoms with Crippen molar-refractivity contribution in [2.75, 3.05) is 0 Å². The molecule has 0 saturated heterocycles. The van der Waals surface area contributed by atoms with E-state index in [1.54, 1.807) is 0 Å². The van der Waals surface area contributed by atoms with Gasteiger partial charge in [-0.15, -0.1) is 0 Å². The predicted octanol–water partition coefficient (Wildman–Crippen LogP) is 7.00. The molecule has 162 valence electrons. The summed E-state index contributed by atoms with van der Waals surface area (Å²) in [6.07, 6.45) is -0.194. The summed E-state index contributed by atoms with van der Waals surface area (Å²) in [7, 11) is 0. The number of nitrogens with one attached hydrogen (secondary N) is 1. The van der Waals surface area contributed by atoms with Crippen molar-refractivity contribution < 1.29 is 0 Å². The SMILES string of the molecule is c1ccc(C2=NC(c3ccccc3)NC(c3ccc4cc(-c5ccccc5)ccc4c3)=N2)cc1. The van der Waals surface area contributed by atoms with Gasteiger partial charge in [0.25, 0.3) is 0 Å². The summed E-state index contributed by atoms with van der Waals surface area (Å²) >= 11 is 0. The van der Waals surface area contributed by atoms with Crippen LogP contribution in [0.15, 0.2) is 137 Å². The largest absolute Gasteiger partial charge is 0.344 e. The molecule has 0 fully saturated rings. The molecular weight excluding hydrogens is 414 g/mol. The van der Waals surface area contributed by atoms with Crippen LogP contribution in [0, 0.1) is 0 Å². The molecule has 0 saturated carbocycles. The van der Waals surface area contributed by atoms with Gasteiger partial charge in [0.1, 0.15) is 12.0 Å². The van der Waals surface area contributed by atoms with Gasteiger partial charge in [0, 0.05) is 11.1 Å². The van der Waals surface area contributed by atoms with Crippen molar-refractivity contribution in [3.8, 4) is 11.1 Å². The van der Waals surface area contributed by atoms with Gasteiger partial charge in [0.15, 0.2) is 5.84 Å². The van der Waals surface area contributed by atoms with Crippen molar-refractivity contribution in [3.63, 3.8) is 0 Å². The molecule has 6 rings (SSSR count). The molecule has 0 aliphatic carbocycles. The van der Waals surface area contributed by atoms with Gasteiger partial charge in [-0.3, -0.25) is 0 Å². The highest BCUT2D eigenvalue weighted by molar-refractivity contribution is 6.13. The molecule has 1 unspecified atom stereocenters. The molecular formula is C31H23N3. The van der Waals surface area contributed by atoms with Crippen LogP contribution < -0.4 is 5.32 Å². The second-order valence-corrected chi connectivity index (χ2v) is 8.38. The van der Waals surface area contributed by atoms with E-state index in [0.717, 1.165) is 28.4 Å². The van der Waals surface area contributed by atoms with Gasteiger partial charge in [-0.2, -0.15) is 0 Å². The van der Waals surface area contributed by atoms with Crippen molar-refractivity contribution in [1.82, 2.24) is 5.32 Å². The maximum Gasteiger partial charge on any atom is 0.159 e. The van der Waals surface area contributed by atoms with Crippen molar-refractivity contribution in [1.29, 1.82) is 0 Å². The Bertz CT molecular complexity index is 1500.